The minimum Gasteiger partial charge on any atom is -0.406 e. The molecule has 0 aromatic heterocycles. The molecule has 2 aromatic carbocycles. The molecule has 0 fully saturated rings. The van der Waals surface area contributed by atoms with Gasteiger partial charge in [-0.15, -0.1) is 13.2 Å². The smallest absolute Gasteiger partial charge is 0.406 e. The van der Waals surface area contributed by atoms with Crippen LogP contribution in [0.1, 0.15) is 15.9 Å². The van der Waals surface area contributed by atoms with Crippen molar-refractivity contribution in [3.63, 3.8) is 0 Å². The van der Waals surface area contributed by atoms with Crippen LogP contribution in [0.4, 0.5) is 18.9 Å². The van der Waals surface area contributed by atoms with Crippen molar-refractivity contribution in [1.29, 1.82) is 0 Å². The van der Waals surface area contributed by atoms with Crippen LogP contribution in [0.5, 0.6) is 5.75 Å². The largest absolute Gasteiger partial charge is 0.573 e. The predicted octanol–water partition coefficient (Wildman–Crippen LogP) is 3.79. The number of para-hydroxylation sites is 1. The number of ether oxygens (including phenoxy) is 1. The summed E-state index contributed by atoms with van der Waals surface area (Å²) in [5.41, 5.74) is 2.27. The van der Waals surface area contributed by atoms with Gasteiger partial charge in [0.1, 0.15) is 5.75 Å². The van der Waals surface area contributed by atoms with Gasteiger partial charge in [-0.1, -0.05) is 18.2 Å². The fourth-order valence-corrected chi connectivity index (χ4v) is 2.50. The molecular formula is C16H12F3NO2. The molecule has 1 heterocycles. The van der Waals surface area contributed by atoms with Crippen LogP contribution in [0.3, 0.4) is 0 Å². The van der Waals surface area contributed by atoms with Gasteiger partial charge in [-0.3, -0.25) is 4.79 Å². The number of halogens is 3. The molecule has 0 N–H and O–H groups in total. The average molecular weight is 307 g/mol. The highest BCUT2D eigenvalue weighted by atomic mass is 19.4. The predicted molar refractivity (Wildman–Crippen MR) is 74.9 cm³/mol. The van der Waals surface area contributed by atoms with Gasteiger partial charge in [0.25, 0.3) is 5.91 Å². The number of benzene rings is 2. The van der Waals surface area contributed by atoms with Crippen LogP contribution in [0.2, 0.25) is 0 Å². The van der Waals surface area contributed by atoms with Crippen LogP contribution < -0.4 is 9.64 Å². The van der Waals surface area contributed by atoms with E-state index in [9.17, 15) is 18.0 Å². The lowest BCUT2D eigenvalue weighted by Crippen LogP contribution is -2.28. The van der Waals surface area contributed by atoms with Crippen molar-refractivity contribution >= 4 is 11.6 Å². The lowest BCUT2D eigenvalue weighted by atomic mass is 10.1. The molecule has 3 rings (SSSR count). The molecule has 0 radical (unpaired) electrons. The zero-order chi connectivity index (χ0) is 15.7. The number of anilines is 1. The van der Waals surface area contributed by atoms with Crippen molar-refractivity contribution in [2.45, 2.75) is 12.8 Å². The third-order valence-corrected chi connectivity index (χ3v) is 3.47. The third kappa shape index (κ3) is 2.90. The van der Waals surface area contributed by atoms with Crippen molar-refractivity contribution in [2.75, 3.05) is 11.4 Å². The summed E-state index contributed by atoms with van der Waals surface area (Å²) in [5, 5.41) is 0. The van der Waals surface area contributed by atoms with Crippen molar-refractivity contribution < 1.29 is 22.7 Å². The van der Waals surface area contributed by atoms with Crippen LogP contribution in [0.25, 0.3) is 0 Å². The lowest BCUT2D eigenvalue weighted by molar-refractivity contribution is -0.274. The van der Waals surface area contributed by atoms with E-state index in [1.54, 1.807) is 4.90 Å². The maximum Gasteiger partial charge on any atom is 0.573 e. The van der Waals surface area contributed by atoms with Crippen molar-refractivity contribution in [2.24, 2.45) is 0 Å². The molecule has 0 bridgehead atoms. The Balaban J connectivity index is 1.79. The standard InChI is InChI=1S/C16H12F3NO2/c17-16(18,19)22-13-7-5-12(6-8-13)15(21)20-10-9-11-3-1-2-4-14(11)20/h1-8H,9-10H2. The Morgan fingerprint density at radius 1 is 1.05 bits per heavy atom. The van der Waals surface area contributed by atoms with E-state index in [0.29, 0.717) is 12.1 Å². The van der Waals surface area contributed by atoms with Crippen LogP contribution in [0, 0.1) is 0 Å². The molecule has 0 aliphatic carbocycles. The fraction of sp³-hybridized carbons (Fsp3) is 0.188. The fourth-order valence-electron chi connectivity index (χ4n) is 2.50. The second kappa shape index (κ2) is 5.36. The SMILES string of the molecule is O=C(c1ccc(OC(F)(F)F)cc1)N1CCc2ccccc21. The molecule has 1 aliphatic heterocycles. The highest BCUT2D eigenvalue weighted by molar-refractivity contribution is 6.07. The van der Waals surface area contributed by atoms with E-state index in [1.165, 1.54) is 12.1 Å². The summed E-state index contributed by atoms with van der Waals surface area (Å²) in [4.78, 5) is 14.1. The van der Waals surface area contributed by atoms with Crippen molar-refractivity contribution in [3.05, 3.63) is 59.7 Å². The van der Waals surface area contributed by atoms with E-state index in [2.05, 4.69) is 4.74 Å². The van der Waals surface area contributed by atoms with Crippen molar-refractivity contribution in [3.8, 4) is 5.75 Å². The number of carbonyl (C=O) groups excluding carboxylic acids is 1. The summed E-state index contributed by atoms with van der Waals surface area (Å²) in [7, 11) is 0. The molecule has 0 unspecified atom stereocenters. The number of hydrogen-bond acceptors (Lipinski definition) is 2. The Morgan fingerprint density at radius 2 is 1.73 bits per heavy atom. The van der Waals surface area contributed by atoms with E-state index in [1.807, 2.05) is 24.3 Å². The minimum absolute atomic E-state index is 0.233. The molecule has 0 saturated carbocycles. The second-order valence-corrected chi connectivity index (χ2v) is 4.91. The molecule has 1 amide bonds. The molecular weight excluding hydrogens is 295 g/mol. The van der Waals surface area contributed by atoms with Gasteiger partial charge in [0, 0.05) is 17.8 Å². The summed E-state index contributed by atoms with van der Waals surface area (Å²) < 4.78 is 40.1. The van der Waals surface area contributed by atoms with Gasteiger partial charge in [0.2, 0.25) is 0 Å². The second-order valence-electron chi connectivity index (χ2n) is 4.91. The zero-order valence-corrected chi connectivity index (χ0v) is 11.4. The first-order valence-corrected chi connectivity index (χ1v) is 6.70. The first-order valence-electron chi connectivity index (χ1n) is 6.70. The lowest BCUT2D eigenvalue weighted by Gasteiger charge is -2.17. The van der Waals surface area contributed by atoms with Gasteiger partial charge in [0.15, 0.2) is 0 Å². The summed E-state index contributed by atoms with van der Waals surface area (Å²) in [5.74, 6) is -0.575. The third-order valence-electron chi connectivity index (χ3n) is 3.47. The van der Waals surface area contributed by atoms with Crippen molar-refractivity contribution in [1.82, 2.24) is 0 Å². The molecule has 0 saturated heterocycles. The van der Waals surface area contributed by atoms with Crippen LogP contribution >= 0.6 is 0 Å². The van der Waals surface area contributed by atoms with Gasteiger partial charge >= 0.3 is 6.36 Å². The highest BCUT2D eigenvalue weighted by Gasteiger charge is 2.31. The number of nitrogens with zero attached hydrogens (tertiary/aromatic N) is 1. The first kappa shape index (κ1) is 14.4. The summed E-state index contributed by atoms with van der Waals surface area (Å²) in [6, 6.07) is 12.5. The summed E-state index contributed by atoms with van der Waals surface area (Å²) in [6.07, 6.45) is -3.96. The molecule has 0 spiro atoms. The van der Waals surface area contributed by atoms with Gasteiger partial charge in [-0.05, 0) is 42.3 Å². The Morgan fingerprint density at radius 3 is 2.41 bits per heavy atom. The van der Waals surface area contributed by atoms with E-state index >= 15 is 0 Å². The number of rotatable bonds is 2. The van der Waals surface area contributed by atoms with E-state index in [4.69, 9.17) is 0 Å². The molecule has 6 heteroatoms. The molecule has 22 heavy (non-hydrogen) atoms. The highest BCUT2D eigenvalue weighted by Crippen LogP contribution is 2.29. The van der Waals surface area contributed by atoms with E-state index in [0.717, 1.165) is 29.8 Å². The maximum absolute atomic E-state index is 12.5. The van der Waals surface area contributed by atoms with Gasteiger partial charge < -0.3 is 9.64 Å². The topological polar surface area (TPSA) is 29.5 Å². The number of amides is 1. The maximum atomic E-state index is 12.5. The summed E-state index contributed by atoms with van der Waals surface area (Å²) in [6.45, 7) is 0.568. The molecule has 114 valence electrons. The Hall–Kier alpha value is -2.50. The van der Waals surface area contributed by atoms with Gasteiger partial charge in [-0.2, -0.15) is 0 Å². The first-order chi connectivity index (χ1) is 10.4. The molecule has 1 aliphatic rings. The number of alkyl halides is 3. The quantitative estimate of drug-likeness (QED) is 0.845. The number of hydrogen-bond donors (Lipinski definition) is 0. The average Bonchev–Trinajstić information content (AvgIpc) is 2.89. The Bertz CT molecular complexity index is 695. The minimum atomic E-state index is -4.74. The van der Waals surface area contributed by atoms with Gasteiger partial charge in [0.05, 0.1) is 0 Å². The number of carbonyl (C=O) groups is 1. The Labute approximate surface area is 124 Å². The van der Waals surface area contributed by atoms with Crippen LogP contribution in [-0.2, 0) is 6.42 Å². The molecule has 3 nitrogen and oxygen atoms in total. The van der Waals surface area contributed by atoms with E-state index in [-0.39, 0.29) is 11.7 Å². The van der Waals surface area contributed by atoms with Gasteiger partial charge in [-0.25, -0.2) is 0 Å². The normalized spacial score (nSPS) is 13.9. The summed E-state index contributed by atoms with van der Waals surface area (Å²) >= 11 is 0. The molecule has 2 aromatic rings. The Kier molecular flexibility index (Phi) is 3.52. The number of fused-ring (bicyclic) bond motifs is 1. The van der Waals surface area contributed by atoms with Crippen LogP contribution in [-0.4, -0.2) is 18.8 Å². The van der Waals surface area contributed by atoms with Crippen LogP contribution in [0.15, 0.2) is 48.5 Å². The molecule has 0 atom stereocenters. The zero-order valence-electron chi connectivity index (χ0n) is 11.4. The monoisotopic (exact) mass is 307 g/mol. The van der Waals surface area contributed by atoms with E-state index < -0.39 is 6.36 Å².